The molecule has 0 fully saturated rings. The number of nitrogens with zero attached hydrogens (tertiary/aromatic N) is 1. The molecule has 134 valence electrons. The van der Waals surface area contributed by atoms with Crippen molar-refractivity contribution >= 4 is 16.9 Å². The van der Waals surface area contributed by atoms with E-state index in [2.05, 4.69) is 54.7 Å². The Labute approximate surface area is 146 Å². The van der Waals surface area contributed by atoms with Crippen molar-refractivity contribution in [3.05, 3.63) is 23.9 Å². The van der Waals surface area contributed by atoms with E-state index >= 15 is 0 Å². The first-order valence-electron chi connectivity index (χ1n) is 9.59. The van der Waals surface area contributed by atoms with E-state index in [0.29, 0.717) is 5.92 Å². The van der Waals surface area contributed by atoms with Crippen molar-refractivity contribution in [1.82, 2.24) is 15.3 Å². The summed E-state index contributed by atoms with van der Waals surface area (Å²) in [5.74, 6) is 2.30. The van der Waals surface area contributed by atoms with E-state index in [1.165, 1.54) is 30.2 Å². The second kappa shape index (κ2) is 9.67. The molecule has 4 nitrogen and oxygen atoms in total. The van der Waals surface area contributed by atoms with Crippen LogP contribution in [0.1, 0.15) is 64.4 Å². The van der Waals surface area contributed by atoms with Crippen molar-refractivity contribution in [2.24, 2.45) is 5.92 Å². The number of hydrogen-bond acceptors (Lipinski definition) is 3. The first-order valence-corrected chi connectivity index (χ1v) is 9.59. The number of aromatic nitrogens is 2. The first-order chi connectivity index (χ1) is 11.7. The minimum atomic E-state index is 0.584. The monoisotopic (exact) mass is 330 g/mol. The van der Waals surface area contributed by atoms with Gasteiger partial charge in [0.2, 0.25) is 0 Å². The average molecular weight is 331 g/mol. The highest BCUT2D eigenvalue weighted by molar-refractivity contribution is 5.82. The zero-order valence-corrected chi connectivity index (χ0v) is 15.8. The third-order valence-electron chi connectivity index (χ3n) is 5.09. The van der Waals surface area contributed by atoms with Gasteiger partial charge in [-0.2, -0.15) is 0 Å². The van der Waals surface area contributed by atoms with E-state index in [9.17, 15) is 0 Å². The number of nitrogens with one attached hydrogen (secondary N) is 3. The summed E-state index contributed by atoms with van der Waals surface area (Å²) in [6.07, 6.45) is 8.22. The van der Waals surface area contributed by atoms with Crippen LogP contribution in [0, 0.1) is 5.92 Å². The highest BCUT2D eigenvalue weighted by atomic mass is 15.0. The Morgan fingerprint density at radius 2 is 1.96 bits per heavy atom. The number of aromatic amines is 1. The van der Waals surface area contributed by atoms with E-state index in [-0.39, 0.29) is 0 Å². The summed E-state index contributed by atoms with van der Waals surface area (Å²) >= 11 is 0. The Morgan fingerprint density at radius 3 is 2.62 bits per heavy atom. The number of rotatable bonds is 11. The summed E-state index contributed by atoms with van der Waals surface area (Å²) in [7, 11) is 2.02. The summed E-state index contributed by atoms with van der Waals surface area (Å²) < 4.78 is 0. The van der Waals surface area contributed by atoms with Crippen LogP contribution < -0.4 is 10.6 Å². The summed E-state index contributed by atoms with van der Waals surface area (Å²) in [6.45, 7) is 8.85. The van der Waals surface area contributed by atoms with Gasteiger partial charge >= 0.3 is 0 Å². The lowest BCUT2D eigenvalue weighted by Crippen LogP contribution is -2.14. The second-order valence-electron chi connectivity index (χ2n) is 6.78. The normalized spacial score (nSPS) is 14.0. The third kappa shape index (κ3) is 4.73. The summed E-state index contributed by atoms with van der Waals surface area (Å²) in [4.78, 5) is 8.15. The Balaban J connectivity index is 2.09. The van der Waals surface area contributed by atoms with Gasteiger partial charge in [-0.1, -0.05) is 33.6 Å². The molecule has 3 N–H and O–H groups in total. The molecule has 0 aliphatic rings. The number of hydrogen-bond donors (Lipinski definition) is 3. The molecule has 0 aromatic carbocycles. The van der Waals surface area contributed by atoms with Gasteiger partial charge in [0.05, 0.1) is 0 Å². The van der Waals surface area contributed by atoms with E-state index in [1.807, 2.05) is 7.05 Å². The lowest BCUT2D eigenvalue weighted by Gasteiger charge is -2.15. The molecule has 24 heavy (non-hydrogen) atoms. The van der Waals surface area contributed by atoms with Crippen molar-refractivity contribution < 1.29 is 0 Å². The van der Waals surface area contributed by atoms with Gasteiger partial charge in [-0.15, -0.1) is 0 Å². The topological polar surface area (TPSA) is 52.7 Å². The summed E-state index contributed by atoms with van der Waals surface area (Å²) in [5, 5.41) is 8.04. The van der Waals surface area contributed by atoms with Crippen LogP contribution in [-0.4, -0.2) is 30.1 Å². The van der Waals surface area contributed by atoms with Crippen LogP contribution >= 0.6 is 0 Å². The predicted octanol–water partition coefficient (Wildman–Crippen LogP) is 4.90. The van der Waals surface area contributed by atoms with E-state index in [4.69, 9.17) is 4.98 Å². The predicted molar refractivity (Wildman–Crippen MR) is 105 cm³/mol. The van der Waals surface area contributed by atoms with Crippen LogP contribution in [0.15, 0.2) is 18.3 Å². The Hall–Kier alpha value is -1.55. The van der Waals surface area contributed by atoms with Crippen LogP contribution in [0.4, 0.5) is 5.82 Å². The SMILES string of the molecule is CCCC(CC)CNc1ccc2c(C(CC)CCNC)c[nH]c2n1. The standard InChI is InChI=1S/C20H34N4/c1-5-8-15(6-2)13-22-19-10-9-17-18(14-23-20(17)24-19)16(7-3)11-12-21-4/h9-10,14-16,21H,5-8,11-13H2,1-4H3,(H2,22,23,24). The zero-order valence-electron chi connectivity index (χ0n) is 15.8. The zero-order chi connectivity index (χ0) is 17.4. The smallest absolute Gasteiger partial charge is 0.139 e. The highest BCUT2D eigenvalue weighted by Crippen LogP contribution is 2.30. The molecule has 2 atom stereocenters. The fourth-order valence-electron chi connectivity index (χ4n) is 3.47. The Bertz CT molecular complexity index is 605. The maximum atomic E-state index is 4.78. The molecule has 2 unspecified atom stereocenters. The molecule has 2 aromatic heterocycles. The molecule has 2 heterocycles. The molecular formula is C20H34N4. The maximum Gasteiger partial charge on any atom is 0.139 e. The number of anilines is 1. The van der Waals surface area contributed by atoms with Gasteiger partial charge in [0.15, 0.2) is 0 Å². The van der Waals surface area contributed by atoms with Gasteiger partial charge in [-0.05, 0) is 62.4 Å². The quantitative estimate of drug-likeness (QED) is 0.549. The van der Waals surface area contributed by atoms with E-state index < -0.39 is 0 Å². The van der Waals surface area contributed by atoms with Crippen molar-refractivity contribution in [2.45, 2.75) is 58.8 Å². The van der Waals surface area contributed by atoms with Gasteiger partial charge in [0.25, 0.3) is 0 Å². The molecular weight excluding hydrogens is 296 g/mol. The molecule has 0 amide bonds. The van der Waals surface area contributed by atoms with Crippen LogP contribution in [0.2, 0.25) is 0 Å². The number of pyridine rings is 1. The van der Waals surface area contributed by atoms with Crippen LogP contribution in [0.5, 0.6) is 0 Å². The van der Waals surface area contributed by atoms with Crippen molar-refractivity contribution in [3.63, 3.8) is 0 Å². The molecule has 0 radical (unpaired) electrons. The lowest BCUT2D eigenvalue weighted by atomic mass is 9.93. The minimum Gasteiger partial charge on any atom is -0.370 e. The molecule has 0 saturated heterocycles. The van der Waals surface area contributed by atoms with Crippen molar-refractivity contribution in [2.75, 3.05) is 25.5 Å². The van der Waals surface area contributed by atoms with E-state index in [0.717, 1.165) is 43.3 Å². The van der Waals surface area contributed by atoms with Crippen LogP contribution in [0.25, 0.3) is 11.0 Å². The average Bonchev–Trinajstić information content (AvgIpc) is 3.02. The largest absolute Gasteiger partial charge is 0.370 e. The van der Waals surface area contributed by atoms with Crippen molar-refractivity contribution in [1.29, 1.82) is 0 Å². The fourth-order valence-corrected chi connectivity index (χ4v) is 3.47. The molecule has 0 aliphatic carbocycles. The number of H-pyrrole nitrogens is 1. The van der Waals surface area contributed by atoms with Gasteiger partial charge in [-0.25, -0.2) is 4.98 Å². The number of fused-ring (bicyclic) bond motifs is 1. The Kier molecular flexibility index (Phi) is 7.57. The van der Waals surface area contributed by atoms with Crippen LogP contribution in [0.3, 0.4) is 0 Å². The molecule has 0 aliphatic heterocycles. The van der Waals surface area contributed by atoms with Gasteiger partial charge in [-0.3, -0.25) is 0 Å². The van der Waals surface area contributed by atoms with Gasteiger partial charge in [0, 0.05) is 18.1 Å². The molecule has 0 spiro atoms. The van der Waals surface area contributed by atoms with Crippen LogP contribution in [-0.2, 0) is 0 Å². The minimum absolute atomic E-state index is 0.584. The third-order valence-corrected chi connectivity index (χ3v) is 5.09. The van der Waals surface area contributed by atoms with E-state index in [1.54, 1.807) is 0 Å². The summed E-state index contributed by atoms with van der Waals surface area (Å²) in [6, 6.07) is 4.35. The fraction of sp³-hybridized carbons (Fsp3) is 0.650. The lowest BCUT2D eigenvalue weighted by molar-refractivity contribution is 0.487. The first kappa shape index (κ1) is 18.8. The maximum absolute atomic E-state index is 4.78. The molecule has 2 aromatic rings. The van der Waals surface area contributed by atoms with Gasteiger partial charge in [0.1, 0.15) is 11.5 Å². The molecule has 2 rings (SSSR count). The summed E-state index contributed by atoms with van der Waals surface area (Å²) in [5.41, 5.74) is 2.40. The molecule has 4 heteroatoms. The molecule has 0 bridgehead atoms. The van der Waals surface area contributed by atoms with Crippen molar-refractivity contribution in [3.8, 4) is 0 Å². The Morgan fingerprint density at radius 1 is 1.12 bits per heavy atom. The highest BCUT2D eigenvalue weighted by Gasteiger charge is 2.15. The second-order valence-corrected chi connectivity index (χ2v) is 6.78. The van der Waals surface area contributed by atoms with Gasteiger partial charge < -0.3 is 15.6 Å². The molecule has 0 saturated carbocycles.